The molecule has 1 N–H and O–H groups in total. The molecule has 0 aromatic rings. The van der Waals surface area contributed by atoms with Crippen LogP contribution in [0.3, 0.4) is 0 Å². The van der Waals surface area contributed by atoms with Crippen molar-refractivity contribution in [2.24, 2.45) is 11.3 Å². The monoisotopic (exact) mass is 168 g/mol. The minimum Gasteiger partial charge on any atom is -0.396 e. The van der Waals surface area contributed by atoms with E-state index in [0.717, 1.165) is 6.42 Å². The van der Waals surface area contributed by atoms with E-state index in [9.17, 15) is 0 Å². The van der Waals surface area contributed by atoms with E-state index in [0.29, 0.717) is 17.9 Å². The quantitative estimate of drug-likeness (QED) is 0.629. The standard InChI is InChI=1S/C11H20O/c1-9-5-4-7-11(2,3)10(9)6-8-12/h5,10,12H,4,6-8H2,1-3H3. The minimum absolute atomic E-state index is 0.319. The van der Waals surface area contributed by atoms with E-state index >= 15 is 0 Å². The summed E-state index contributed by atoms with van der Waals surface area (Å²) < 4.78 is 0. The number of aliphatic hydroxyl groups excluding tert-OH is 1. The molecule has 0 fully saturated rings. The van der Waals surface area contributed by atoms with Crippen molar-refractivity contribution in [2.45, 2.75) is 40.0 Å². The molecular formula is C11H20O. The lowest BCUT2D eigenvalue weighted by Gasteiger charge is -2.38. The van der Waals surface area contributed by atoms with Crippen LogP contribution < -0.4 is 0 Å². The van der Waals surface area contributed by atoms with Gasteiger partial charge < -0.3 is 5.11 Å². The zero-order chi connectivity index (χ0) is 9.19. The molecule has 0 radical (unpaired) electrons. The molecule has 0 aliphatic heterocycles. The van der Waals surface area contributed by atoms with Gasteiger partial charge in [0.1, 0.15) is 0 Å². The van der Waals surface area contributed by atoms with Crippen molar-refractivity contribution in [3.05, 3.63) is 11.6 Å². The van der Waals surface area contributed by atoms with Crippen LogP contribution in [0.25, 0.3) is 0 Å². The summed E-state index contributed by atoms with van der Waals surface area (Å²) in [4.78, 5) is 0. The smallest absolute Gasteiger partial charge is 0.0436 e. The number of aliphatic hydroxyl groups is 1. The highest BCUT2D eigenvalue weighted by Gasteiger charge is 2.31. The van der Waals surface area contributed by atoms with Crippen LogP contribution in [-0.2, 0) is 0 Å². The summed E-state index contributed by atoms with van der Waals surface area (Å²) in [5.74, 6) is 0.594. The Morgan fingerprint density at radius 1 is 1.58 bits per heavy atom. The highest BCUT2D eigenvalue weighted by Crippen LogP contribution is 2.42. The first-order chi connectivity index (χ1) is 5.58. The van der Waals surface area contributed by atoms with E-state index in [1.807, 2.05) is 0 Å². The molecule has 0 bridgehead atoms. The van der Waals surface area contributed by atoms with Gasteiger partial charge in [-0.2, -0.15) is 0 Å². The van der Waals surface area contributed by atoms with Gasteiger partial charge in [-0.25, -0.2) is 0 Å². The summed E-state index contributed by atoms with van der Waals surface area (Å²) >= 11 is 0. The predicted molar refractivity (Wildman–Crippen MR) is 52.0 cm³/mol. The first kappa shape index (κ1) is 9.79. The third-order valence-electron chi connectivity index (χ3n) is 3.17. The molecule has 70 valence electrons. The van der Waals surface area contributed by atoms with Gasteiger partial charge in [0.25, 0.3) is 0 Å². The molecule has 12 heavy (non-hydrogen) atoms. The van der Waals surface area contributed by atoms with Gasteiger partial charge in [-0.05, 0) is 37.5 Å². The van der Waals surface area contributed by atoms with E-state index in [-0.39, 0.29) is 0 Å². The number of hydrogen-bond acceptors (Lipinski definition) is 1. The van der Waals surface area contributed by atoms with Gasteiger partial charge in [0.05, 0.1) is 0 Å². The Bertz CT molecular complexity index is 179. The summed E-state index contributed by atoms with van der Waals surface area (Å²) in [5, 5.41) is 8.94. The lowest BCUT2D eigenvalue weighted by atomic mass is 9.67. The van der Waals surface area contributed by atoms with Crippen molar-refractivity contribution in [3.8, 4) is 0 Å². The fraction of sp³-hybridized carbons (Fsp3) is 0.818. The average molecular weight is 168 g/mol. The topological polar surface area (TPSA) is 20.2 Å². The average Bonchev–Trinajstić information content (AvgIpc) is 1.97. The molecule has 1 unspecified atom stereocenters. The summed E-state index contributed by atoms with van der Waals surface area (Å²) in [6, 6.07) is 0. The Balaban J connectivity index is 2.74. The maximum atomic E-state index is 8.94. The Hall–Kier alpha value is -0.300. The third-order valence-corrected chi connectivity index (χ3v) is 3.17. The lowest BCUT2D eigenvalue weighted by molar-refractivity contribution is 0.165. The van der Waals surface area contributed by atoms with Crippen LogP contribution in [0.15, 0.2) is 11.6 Å². The summed E-state index contributed by atoms with van der Waals surface area (Å²) in [7, 11) is 0. The molecule has 1 heteroatoms. The Kier molecular flexibility index (Phi) is 2.94. The summed E-state index contributed by atoms with van der Waals surface area (Å²) in [6.45, 7) is 7.13. The van der Waals surface area contributed by atoms with Crippen LogP contribution in [0.2, 0.25) is 0 Å². The molecule has 1 aliphatic rings. The zero-order valence-electron chi connectivity index (χ0n) is 8.43. The van der Waals surface area contributed by atoms with Crippen LogP contribution in [0.1, 0.15) is 40.0 Å². The molecule has 0 aromatic carbocycles. The van der Waals surface area contributed by atoms with Gasteiger partial charge in [0.15, 0.2) is 0 Å². The molecule has 1 atom stereocenters. The first-order valence-electron chi connectivity index (χ1n) is 4.85. The van der Waals surface area contributed by atoms with E-state index in [2.05, 4.69) is 26.8 Å². The number of hydrogen-bond donors (Lipinski definition) is 1. The molecule has 0 spiro atoms. The SMILES string of the molecule is CC1=CCCC(C)(C)C1CCO. The molecular weight excluding hydrogens is 148 g/mol. The van der Waals surface area contributed by atoms with E-state index in [1.165, 1.54) is 18.4 Å². The molecule has 0 aromatic heterocycles. The van der Waals surface area contributed by atoms with Crippen molar-refractivity contribution in [1.29, 1.82) is 0 Å². The van der Waals surface area contributed by atoms with Gasteiger partial charge in [-0.3, -0.25) is 0 Å². The van der Waals surface area contributed by atoms with Gasteiger partial charge in [0.2, 0.25) is 0 Å². The second kappa shape index (κ2) is 3.61. The van der Waals surface area contributed by atoms with Crippen LogP contribution in [0.4, 0.5) is 0 Å². The maximum Gasteiger partial charge on any atom is 0.0436 e. The molecule has 0 heterocycles. The second-order valence-corrected chi connectivity index (χ2v) is 4.54. The van der Waals surface area contributed by atoms with Crippen molar-refractivity contribution >= 4 is 0 Å². The number of rotatable bonds is 2. The predicted octanol–water partition coefficient (Wildman–Crippen LogP) is 2.75. The Morgan fingerprint density at radius 3 is 2.75 bits per heavy atom. The molecule has 0 saturated heterocycles. The van der Waals surface area contributed by atoms with Crippen LogP contribution in [-0.4, -0.2) is 11.7 Å². The fourth-order valence-corrected chi connectivity index (χ4v) is 2.35. The first-order valence-corrected chi connectivity index (χ1v) is 4.85. The van der Waals surface area contributed by atoms with Gasteiger partial charge in [-0.15, -0.1) is 0 Å². The van der Waals surface area contributed by atoms with Crippen LogP contribution in [0, 0.1) is 11.3 Å². The van der Waals surface area contributed by atoms with Crippen molar-refractivity contribution < 1.29 is 5.11 Å². The summed E-state index contributed by atoms with van der Waals surface area (Å²) in [5.41, 5.74) is 1.86. The highest BCUT2D eigenvalue weighted by atomic mass is 16.3. The Morgan fingerprint density at radius 2 is 2.25 bits per heavy atom. The minimum atomic E-state index is 0.319. The molecule has 0 saturated carbocycles. The third kappa shape index (κ3) is 1.89. The van der Waals surface area contributed by atoms with Gasteiger partial charge >= 0.3 is 0 Å². The second-order valence-electron chi connectivity index (χ2n) is 4.54. The summed E-state index contributed by atoms with van der Waals surface area (Å²) in [6.07, 6.45) is 5.72. The lowest BCUT2D eigenvalue weighted by Crippen LogP contribution is -2.28. The van der Waals surface area contributed by atoms with Crippen molar-refractivity contribution in [2.75, 3.05) is 6.61 Å². The van der Waals surface area contributed by atoms with Gasteiger partial charge in [0, 0.05) is 6.61 Å². The van der Waals surface area contributed by atoms with Crippen molar-refractivity contribution in [1.82, 2.24) is 0 Å². The largest absolute Gasteiger partial charge is 0.396 e. The highest BCUT2D eigenvalue weighted by molar-refractivity contribution is 5.11. The van der Waals surface area contributed by atoms with Gasteiger partial charge in [-0.1, -0.05) is 25.5 Å². The molecule has 1 nitrogen and oxygen atoms in total. The molecule has 0 amide bonds. The zero-order valence-corrected chi connectivity index (χ0v) is 8.43. The molecule has 1 rings (SSSR count). The van der Waals surface area contributed by atoms with E-state index in [4.69, 9.17) is 5.11 Å². The number of allylic oxidation sites excluding steroid dienone is 2. The van der Waals surface area contributed by atoms with E-state index < -0.39 is 0 Å². The Labute approximate surface area is 75.5 Å². The van der Waals surface area contributed by atoms with E-state index in [1.54, 1.807) is 0 Å². The maximum absolute atomic E-state index is 8.94. The molecule has 1 aliphatic carbocycles. The fourth-order valence-electron chi connectivity index (χ4n) is 2.35. The van der Waals surface area contributed by atoms with Crippen LogP contribution >= 0.6 is 0 Å². The van der Waals surface area contributed by atoms with Crippen molar-refractivity contribution in [3.63, 3.8) is 0 Å². The normalized spacial score (nSPS) is 28.3. The van der Waals surface area contributed by atoms with Crippen LogP contribution in [0.5, 0.6) is 0 Å².